The smallest absolute Gasteiger partial charge is 0.164 e. The van der Waals surface area contributed by atoms with Gasteiger partial charge in [-0.1, -0.05) is 33.1 Å². The predicted octanol–water partition coefficient (Wildman–Crippen LogP) is 3.59. The van der Waals surface area contributed by atoms with Crippen LogP contribution in [-0.2, 0) is 9.53 Å². The molecule has 3 atom stereocenters. The van der Waals surface area contributed by atoms with Crippen molar-refractivity contribution in [1.82, 2.24) is 0 Å². The van der Waals surface area contributed by atoms with Gasteiger partial charge in [0, 0.05) is 12.5 Å². The van der Waals surface area contributed by atoms with Crippen molar-refractivity contribution in [1.29, 1.82) is 0 Å². The number of rotatable bonds is 6. The van der Waals surface area contributed by atoms with Crippen LogP contribution in [0.15, 0.2) is 0 Å². The van der Waals surface area contributed by atoms with E-state index in [9.17, 15) is 4.79 Å². The molecule has 1 aliphatic rings. The van der Waals surface area contributed by atoms with Crippen molar-refractivity contribution in [3.05, 3.63) is 0 Å². The molecular weight excluding hydrogens is 200 g/mol. The normalized spacial score (nSPS) is 27.7. The van der Waals surface area contributed by atoms with Crippen molar-refractivity contribution >= 4 is 5.78 Å². The molecule has 0 aromatic carbocycles. The number of carbonyl (C=O) groups is 1. The zero-order chi connectivity index (χ0) is 12.0. The van der Waals surface area contributed by atoms with Crippen LogP contribution in [0.2, 0.25) is 0 Å². The highest BCUT2D eigenvalue weighted by molar-refractivity contribution is 5.85. The van der Waals surface area contributed by atoms with E-state index in [1.807, 2.05) is 13.8 Å². The van der Waals surface area contributed by atoms with E-state index in [1.165, 1.54) is 19.3 Å². The Balaban J connectivity index is 2.61. The van der Waals surface area contributed by atoms with Gasteiger partial charge in [-0.3, -0.25) is 4.79 Å². The van der Waals surface area contributed by atoms with Crippen molar-refractivity contribution in [3.8, 4) is 0 Å². The number of hydrogen-bond acceptors (Lipinski definition) is 2. The average molecular weight is 226 g/mol. The van der Waals surface area contributed by atoms with Crippen molar-refractivity contribution in [2.24, 2.45) is 11.8 Å². The first-order valence-electron chi connectivity index (χ1n) is 6.89. The van der Waals surface area contributed by atoms with E-state index >= 15 is 0 Å². The number of ether oxygens (including phenoxy) is 1. The second kappa shape index (κ2) is 7.05. The molecule has 0 aromatic heterocycles. The maximum Gasteiger partial charge on any atom is 0.164 e. The molecule has 0 aromatic rings. The Morgan fingerprint density at radius 2 is 1.94 bits per heavy atom. The Kier molecular flexibility index (Phi) is 6.04. The van der Waals surface area contributed by atoms with Crippen LogP contribution >= 0.6 is 0 Å². The van der Waals surface area contributed by atoms with Crippen LogP contribution in [0.1, 0.15) is 59.3 Å². The van der Waals surface area contributed by atoms with Gasteiger partial charge in [0.15, 0.2) is 5.78 Å². The Morgan fingerprint density at radius 3 is 2.50 bits per heavy atom. The summed E-state index contributed by atoms with van der Waals surface area (Å²) < 4.78 is 5.55. The fourth-order valence-electron chi connectivity index (χ4n) is 2.91. The van der Waals surface area contributed by atoms with E-state index < -0.39 is 0 Å². The van der Waals surface area contributed by atoms with Crippen molar-refractivity contribution in [2.75, 3.05) is 6.61 Å². The Hall–Kier alpha value is -0.370. The summed E-state index contributed by atoms with van der Waals surface area (Å²) >= 11 is 0. The fraction of sp³-hybridized carbons (Fsp3) is 0.929. The maximum atomic E-state index is 12.4. The molecule has 16 heavy (non-hydrogen) atoms. The Morgan fingerprint density at radius 1 is 1.25 bits per heavy atom. The second-order valence-corrected chi connectivity index (χ2v) is 4.81. The van der Waals surface area contributed by atoms with Crippen molar-refractivity contribution in [2.45, 2.75) is 65.4 Å². The third-order valence-corrected chi connectivity index (χ3v) is 3.85. The Bertz CT molecular complexity index is 213. The maximum absolute atomic E-state index is 12.4. The first-order chi connectivity index (χ1) is 7.74. The largest absolute Gasteiger partial charge is 0.371 e. The zero-order valence-electron chi connectivity index (χ0n) is 11.0. The first-order valence-corrected chi connectivity index (χ1v) is 6.89. The number of carbonyl (C=O) groups excluding carboxylic acids is 1. The fourth-order valence-corrected chi connectivity index (χ4v) is 2.91. The predicted molar refractivity (Wildman–Crippen MR) is 66.5 cm³/mol. The molecule has 3 unspecified atom stereocenters. The quantitative estimate of drug-likeness (QED) is 0.692. The standard InChI is InChI=1S/C14H26O2/c1-4-11-9-7-8-10-12(11)14(15)13(5-2)16-6-3/h11-13H,4-10H2,1-3H3. The summed E-state index contributed by atoms with van der Waals surface area (Å²) in [5.41, 5.74) is 0. The lowest BCUT2D eigenvalue weighted by atomic mass is 9.74. The third-order valence-electron chi connectivity index (χ3n) is 3.85. The van der Waals surface area contributed by atoms with E-state index in [4.69, 9.17) is 4.74 Å². The van der Waals surface area contributed by atoms with Gasteiger partial charge in [-0.15, -0.1) is 0 Å². The van der Waals surface area contributed by atoms with Gasteiger partial charge in [0.25, 0.3) is 0 Å². The minimum Gasteiger partial charge on any atom is -0.371 e. The van der Waals surface area contributed by atoms with Crippen LogP contribution < -0.4 is 0 Å². The molecular formula is C14H26O2. The molecule has 94 valence electrons. The Labute approximate surface area is 99.8 Å². The summed E-state index contributed by atoms with van der Waals surface area (Å²) in [5, 5.41) is 0. The number of Topliss-reactive ketones (excluding diaryl/α,β-unsaturated/α-hetero) is 1. The van der Waals surface area contributed by atoms with E-state index in [-0.39, 0.29) is 12.0 Å². The van der Waals surface area contributed by atoms with E-state index in [2.05, 4.69) is 6.92 Å². The van der Waals surface area contributed by atoms with Gasteiger partial charge in [0.05, 0.1) is 0 Å². The van der Waals surface area contributed by atoms with Crippen molar-refractivity contribution in [3.63, 3.8) is 0 Å². The lowest BCUT2D eigenvalue weighted by molar-refractivity contribution is -0.137. The summed E-state index contributed by atoms with van der Waals surface area (Å²) in [7, 11) is 0. The van der Waals surface area contributed by atoms with Gasteiger partial charge in [-0.2, -0.15) is 0 Å². The van der Waals surface area contributed by atoms with Gasteiger partial charge in [0.1, 0.15) is 6.10 Å². The zero-order valence-corrected chi connectivity index (χ0v) is 11.0. The molecule has 0 bridgehead atoms. The molecule has 2 nitrogen and oxygen atoms in total. The molecule has 0 saturated heterocycles. The van der Waals surface area contributed by atoms with Gasteiger partial charge < -0.3 is 4.74 Å². The number of hydrogen-bond donors (Lipinski definition) is 0. The SMILES string of the molecule is CCOC(CC)C(=O)C1CCCCC1CC. The molecule has 0 amide bonds. The molecule has 1 fully saturated rings. The minimum atomic E-state index is -0.151. The highest BCUT2D eigenvalue weighted by Crippen LogP contribution is 2.34. The summed E-state index contributed by atoms with van der Waals surface area (Å²) in [5.74, 6) is 1.25. The summed E-state index contributed by atoms with van der Waals surface area (Å²) in [6, 6.07) is 0. The second-order valence-electron chi connectivity index (χ2n) is 4.81. The molecule has 0 radical (unpaired) electrons. The van der Waals surface area contributed by atoms with E-state index in [0.29, 0.717) is 18.3 Å². The van der Waals surface area contributed by atoms with Crippen LogP contribution in [0.25, 0.3) is 0 Å². The lowest BCUT2D eigenvalue weighted by Crippen LogP contribution is -2.36. The topological polar surface area (TPSA) is 26.3 Å². The summed E-state index contributed by atoms with van der Waals surface area (Å²) in [6.45, 7) is 6.86. The molecule has 1 aliphatic carbocycles. The van der Waals surface area contributed by atoms with Gasteiger partial charge >= 0.3 is 0 Å². The monoisotopic (exact) mass is 226 g/mol. The summed E-state index contributed by atoms with van der Waals surface area (Å²) in [4.78, 5) is 12.4. The number of ketones is 1. The van der Waals surface area contributed by atoms with Gasteiger partial charge in [-0.25, -0.2) is 0 Å². The molecule has 0 aliphatic heterocycles. The molecule has 2 heteroatoms. The third kappa shape index (κ3) is 3.31. The highest BCUT2D eigenvalue weighted by Gasteiger charge is 2.33. The lowest BCUT2D eigenvalue weighted by Gasteiger charge is -2.31. The molecule has 0 N–H and O–H groups in total. The van der Waals surface area contributed by atoms with Crippen LogP contribution in [-0.4, -0.2) is 18.5 Å². The molecule has 0 heterocycles. The average Bonchev–Trinajstić information content (AvgIpc) is 2.35. The molecule has 1 rings (SSSR count). The first kappa shape index (κ1) is 13.7. The highest BCUT2D eigenvalue weighted by atomic mass is 16.5. The van der Waals surface area contributed by atoms with E-state index in [0.717, 1.165) is 19.3 Å². The van der Waals surface area contributed by atoms with Crippen LogP contribution in [0.3, 0.4) is 0 Å². The van der Waals surface area contributed by atoms with Gasteiger partial charge in [-0.05, 0) is 32.1 Å². The minimum absolute atomic E-state index is 0.151. The summed E-state index contributed by atoms with van der Waals surface area (Å²) in [6.07, 6.45) is 6.64. The van der Waals surface area contributed by atoms with E-state index in [1.54, 1.807) is 0 Å². The molecule has 1 saturated carbocycles. The van der Waals surface area contributed by atoms with Crippen LogP contribution in [0, 0.1) is 11.8 Å². The van der Waals surface area contributed by atoms with Gasteiger partial charge in [0.2, 0.25) is 0 Å². The van der Waals surface area contributed by atoms with Crippen LogP contribution in [0.4, 0.5) is 0 Å². The van der Waals surface area contributed by atoms with Crippen LogP contribution in [0.5, 0.6) is 0 Å². The van der Waals surface area contributed by atoms with Crippen molar-refractivity contribution < 1.29 is 9.53 Å². The molecule has 0 spiro atoms.